The lowest BCUT2D eigenvalue weighted by molar-refractivity contribution is 0.679. The Morgan fingerprint density at radius 1 is 1.35 bits per heavy atom. The summed E-state index contributed by atoms with van der Waals surface area (Å²) in [5, 5.41) is 5.25. The smallest absolute Gasteiger partial charge is 0.137 e. The molecule has 7 heteroatoms. The quantitative estimate of drug-likeness (QED) is 0.724. The van der Waals surface area contributed by atoms with Crippen molar-refractivity contribution in [2.24, 2.45) is 0 Å². The van der Waals surface area contributed by atoms with Crippen molar-refractivity contribution in [3.8, 4) is 0 Å². The van der Waals surface area contributed by atoms with Crippen molar-refractivity contribution in [1.82, 2.24) is 19.1 Å². The molecule has 2 heterocycles. The maximum atomic E-state index is 4.44. The summed E-state index contributed by atoms with van der Waals surface area (Å²) in [5.41, 5.74) is 1.03. The zero-order valence-electron chi connectivity index (χ0n) is 8.58. The molecule has 0 radical (unpaired) electrons. The van der Waals surface area contributed by atoms with Crippen LogP contribution in [-0.4, -0.2) is 19.1 Å². The number of fused-ring (bicyclic) bond motifs is 1. The highest BCUT2D eigenvalue weighted by atomic mass is 79.9. The van der Waals surface area contributed by atoms with Crippen molar-refractivity contribution in [2.75, 3.05) is 0 Å². The molecule has 0 bridgehead atoms. The lowest BCUT2D eigenvalue weighted by Gasteiger charge is -1.98. The van der Waals surface area contributed by atoms with Crippen LogP contribution < -0.4 is 0 Å². The van der Waals surface area contributed by atoms with Crippen molar-refractivity contribution in [3.63, 3.8) is 0 Å². The molecular formula is C10H8BrClN4S. The van der Waals surface area contributed by atoms with Crippen molar-refractivity contribution in [3.05, 3.63) is 41.0 Å². The van der Waals surface area contributed by atoms with E-state index in [2.05, 4.69) is 42.5 Å². The minimum Gasteiger partial charge on any atom is -0.247 e. The fraction of sp³-hybridized carbons (Fsp3) is 0.100. The van der Waals surface area contributed by atoms with Gasteiger partial charge < -0.3 is 0 Å². The molecule has 0 saturated heterocycles. The number of hydrogen-bond acceptors (Lipinski definition) is 4. The van der Waals surface area contributed by atoms with Gasteiger partial charge in [-0.05, 0) is 29.7 Å². The zero-order valence-corrected chi connectivity index (χ0v) is 11.8. The van der Waals surface area contributed by atoms with E-state index in [1.54, 1.807) is 11.0 Å². The van der Waals surface area contributed by atoms with Gasteiger partial charge in [0.05, 0.1) is 16.9 Å². The summed E-state index contributed by atoms with van der Waals surface area (Å²) in [7, 11) is 0. The van der Waals surface area contributed by atoms with Gasteiger partial charge in [-0.25, -0.2) is 9.67 Å². The average molecular weight is 332 g/mol. The molecular weight excluding hydrogens is 324 g/mol. The van der Waals surface area contributed by atoms with Crippen molar-refractivity contribution >= 4 is 50.0 Å². The summed E-state index contributed by atoms with van der Waals surface area (Å²) < 4.78 is 8.48. The van der Waals surface area contributed by atoms with Crippen molar-refractivity contribution < 1.29 is 0 Å². The van der Waals surface area contributed by atoms with Gasteiger partial charge in [-0.1, -0.05) is 15.9 Å². The Morgan fingerprint density at radius 2 is 2.24 bits per heavy atom. The lowest BCUT2D eigenvalue weighted by Crippen LogP contribution is -2.00. The van der Waals surface area contributed by atoms with Gasteiger partial charge in [-0.3, -0.25) is 0 Å². The fourth-order valence-electron chi connectivity index (χ4n) is 1.54. The zero-order chi connectivity index (χ0) is 11.0. The SMILES string of the molecule is Brc1ccc2snc(Cn3cncn3)c2c1.Cl. The Hall–Kier alpha value is -0.980. The second-order valence-corrected chi connectivity index (χ2v) is 5.08. The predicted molar refractivity (Wildman–Crippen MR) is 73.7 cm³/mol. The summed E-state index contributed by atoms with van der Waals surface area (Å²) in [6.45, 7) is 0.663. The summed E-state index contributed by atoms with van der Waals surface area (Å²) in [6, 6.07) is 6.19. The molecule has 4 nitrogen and oxygen atoms in total. The summed E-state index contributed by atoms with van der Waals surface area (Å²) >= 11 is 4.98. The van der Waals surface area contributed by atoms with E-state index in [0.717, 1.165) is 10.2 Å². The molecule has 0 spiro atoms. The number of hydrogen-bond donors (Lipinski definition) is 0. The van der Waals surface area contributed by atoms with Crippen LogP contribution in [0.5, 0.6) is 0 Å². The van der Waals surface area contributed by atoms with E-state index in [1.165, 1.54) is 27.9 Å². The van der Waals surface area contributed by atoms with Gasteiger partial charge in [0.1, 0.15) is 12.7 Å². The first-order valence-electron chi connectivity index (χ1n) is 4.69. The van der Waals surface area contributed by atoms with E-state index in [1.807, 2.05) is 6.07 Å². The van der Waals surface area contributed by atoms with Crippen LogP contribution in [0, 0.1) is 0 Å². The Bertz CT molecular complexity index is 622. The third kappa shape index (κ3) is 2.48. The van der Waals surface area contributed by atoms with Crippen LogP contribution in [0.3, 0.4) is 0 Å². The Balaban J connectivity index is 0.00000108. The maximum absolute atomic E-state index is 4.44. The molecule has 17 heavy (non-hydrogen) atoms. The number of benzene rings is 1. The van der Waals surface area contributed by atoms with E-state index < -0.39 is 0 Å². The minimum atomic E-state index is 0. The Morgan fingerprint density at radius 3 is 3.00 bits per heavy atom. The number of halogens is 2. The van der Waals surface area contributed by atoms with Gasteiger partial charge in [0.25, 0.3) is 0 Å². The number of nitrogens with zero attached hydrogens (tertiary/aromatic N) is 4. The van der Waals surface area contributed by atoms with Crippen LogP contribution in [0.25, 0.3) is 10.1 Å². The van der Waals surface area contributed by atoms with Crippen LogP contribution in [-0.2, 0) is 6.54 Å². The lowest BCUT2D eigenvalue weighted by atomic mass is 10.2. The molecule has 88 valence electrons. The highest BCUT2D eigenvalue weighted by molar-refractivity contribution is 9.10. The standard InChI is InChI=1S/C10H7BrN4S.ClH/c11-7-1-2-10-8(3-7)9(14-16-10)4-15-6-12-5-13-15;/h1-3,5-6H,4H2;1H. The maximum Gasteiger partial charge on any atom is 0.137 e. The topological polar surface area (TPSA) is 43.6 Å². The minimum absolute atomic E-state index is 0. The highest BCUT2D eigenvalue weighted by Gasteiger charge is 2.07. The molecule has 0 atom stereocenters. The van der Waals surface area contributed by atoms with Crippen molar-refractivity contribution in [1.29, 1.82) is 0 Å². The monoisotopic (exact) mass is 330 g/mol. The highest BCUT2D eigenvalue weighted by Crippen LogP contribution is 2.26. The molecule has 0 fully saturated rings. The third-order valence-electron chi connectivity index (χ3n) is 2.29. The van der Waals surface area contributed by atoms with Crippen LogP contribution in [0.1, 0.15) is 5.69 Å². The van der Waals surface area contributed by atoms with Gasteiger partial charge in [-0.2, -0.15) is 9.47 Å². The van der Waals surface area contributed by atoms with Crippen LogP contribution in [0.2, 0.25) is 0 Å². The van der Waals surface area contributed by atoms with E-state index in [-0.39, 0.29) is 12.4 Å². The Labute approximate surface area is 116 Å². The van der Waals surface area contributed by atoms with E-state index >= 15 is 0 Å². The largest absolute Gasteiger partial charge is 0.247 e. The van der Waals surface area contributed by atoms with Gasteiger partial charge in [0.2, 0.25) is 0 Å². The molecule has 0 aliphatic heterocycles. The van der Waals surface area contributed by atoms with E-state index in [9.17, 15) is 0 Å². The molecule has 1 aromatic carbocycles. The van der Waals surface area contributed by atoms with Crippen LogP contribution in [0.15, 0.2) is 35.3 Å². The summed E-state index contributed by atoms with van der Waals surface area (Å²) in [6.07, 6.45) is 3.23. The molecule has 0 amide bonds. The predicted octanol–water partition coefficient (Wildman–Crippen LogP) is 3.12. The first kappa shape index (κ1) is 12.5. The van der Waals surface area contributed by atoms with E-state index in [0.29, 0.717) is 6.54 Å². The molecule has 0 saturated carbocycles. The summed E-state index contributed by atoms with van der Waals surface area (Å²) in [4.78, 5) is 3.92. The second kappa shape index (κ2) is 5.12. The first-order chi connectivity index (χ1) is 7.83. The molecule has 3 aromatic rings. The van der Waals surface area contributed by atoms with Crippen molar-refractivity contribution in [2.45, 2.75) is 6.54 Å². The molecule has 0 aliphatic carbocycles. The van der Waals surface area contributed by atoms with Crippen LogP contribution >= 0.6 is 39.9 Å². The average Bonchev–Trinajstić information content (AvgIpc) is 2.90. The fourth-order valence-corrected chi connectivity index (χ4v) is 2.67. The van der Waals surface area contributed by atoms with Gasteiger partial charge >= 0.3 is 0 Å². The van der Waals surface area contributed by atoms with E-state index in [4.69, 9.17) is 0 Å². The molecule has 0 unspecified atom stereocenters. The summed E-state index contributed by atoms with van der Waals surface area (Å²) in [5.74, 6) is 0. The normalized spacial score (nSPS) is 10.4. The van der Waals surface area contributed by atoms with Gasteiger partial charge in [-0.15, -0.1) is 12.4 Å². The molecule has 0 N–H and O–H groups in total. The third-order valence-corrected chi connectivity index (χ3v) is 3.64. The molecule has 3 rings (SSSR count). The van der Waals surface area contributed by atoms with Gasteiger partial charge in [0, 0.05) is 9.86 Å². The van der Waals surface area contributed by atoms with Gasteiger partial charge in [0.15, 0.2) is 0 Å². The molecule has 2 aromatic heterocycles. The first-order valence-corrected chi connectivity index (χ1v) is 6.26. The van der Waals surface area contributed by atoms with Crippen LogP contribution in [0.4, 0.5) is 0 Å². The number of rotatable bonds is 2. The second-order valence-electron chi connectivity index (χ2n) is 3.36. The Kier molecular flexibility index (Phi) is 3.76. The number of aromatic nitrogens is 4. The molecule has 0 aliphatic rings.